The molecule has 2 heterocycles. The number of aliphatic hydroxyl groups is 1. The van der Waals surface area contributed by atoms with Crippen LogP contribution < -0.4 is 4.90 Å². The van der Waals surface area contributed by atoms with Gasteiger partial charge in [-0.3, -0.25) is 0 Å². The molecule has 0 saturated carbocycles. The van der Waals surface area contributed by atoms with E-state index in [1.165, 1.54) is 12.8 Å². The summed E-state index contributed by atoms with van der Waals surface area (Å²) in [5.41, 5.74) is 3.96. The molecule has 21 heavy (non-hydrogen) atoms. The van der Waals surface area contributed by atoms with Gasteiger partial charge in [0.25, 0.3) is 0 Å². The molecule has 1 aliphatic rings. The molecule has 4 heteroatoms. The molecule has 2 aromatic rings. The van der Waals surface area contributed by atoms with Crippen molar-refractivity contribution >= 4 is 5.95 Å². The first-order valence-electron chi connectivity index (χ1n) is 7.63. The average molecular weight is 283 g/mol. The third-order valence-corrected chi connectivity index (χ3v) is 3.92. The highest BCUT2D eigenvalue weighted by Gasteiger charge is 2.16. The Morgan fingerprint density at radius 3 is 2.67 bits per heavy atom. The predicted molar refractivity (Wildman–Crippen MR) is 84.2 cm³/mol. The molecule has 0 bridgehead atoms. The normalized spacial score (nSPS) is 14.7. The average Bonchev–Trinajstić information content (AvgIpc) is 3.09. The standard InChI is InChI=1S/C17H21N3O/c1-2-15-11-16(14-7-5-6-13(10-14)12-21)19-17(18-15)20-8-3-4-9-20/h5-7,10-11,21H,2-4,8-9,12H2,1H3. The summed E-state index contributed by atoms with van der Waals surface area (Å²) in [7, 11) is 0. The first kappa shape index (κ1) is 14.0. The molecule has 1 N–H and O–H groups in total. The monoisotopic (exact) mass is 283 g/mol. The molecule has 1 aromatic heterocycles. The fourth-order valence-corrected chi connectivity index (χ4v) is 2.70. The molecule has 4 nitrogen and oxygen atoms in total. The maximum Gasteiger partial charge on any atom is 0.226 e. The van der Waals surface area contributed by atoms with Crippen LogP contribution >= 0.6 is 0 Å². The quantitative estimate of drug-likeness (QED) is 0.937. The molecule has 0 radical (unpaired) electrons. The van der Waals surface area contributed by atoms with E-state index in [1.807, 2.05) is 24.3 Å². The number of aliphatic hydroxyl groups excluding tert-OH is 1. The molecule has 0 aliphatic carbocycles. The van der Waals surface area contributed by atoms with Gasteiger partial charge in [0.1, 0.15) is 0 Å². The number of hydrogen-bond acceptors (Lipinski definition) is 4. The van der Waals surface area contributed by atoms with Gasteiger partial charge >= 0.3 is 0 Å². The van der Waals surface area contributed by atoms with E-state index in [0.29, 0.717) is 0 Å². The molecule has 1 aromatic carbocycles. The van der Waals surface area contributed by atoms with Crippen molar-refractivity contribution in [1.29, 1.82) is 0 Å². The fraction of sp³-hybridized carbons (Fsp3) is 0.412. The minimum absolute atomic E-state index is 0.0541. The Balaban J connectivity index is 2.02. The lowest BCUT2D eigenvalue weighted by atomic mass is 10.1. The van der Waals surface area contributed by atoms with E-state index in [9.17, 15) is 5.11 Å². The maximum absolute atomic E-state index is 9.30. The van der Waals surface area contributed by atoms with Crippen molar-refractivity contribution in [2.45, 2.75) is 32.8 Å². The van der Waals surface area contributed by atoms with Gasteiger partial charge in [-0.15, -0.1) is 0 Å². The molecular formula is C17H21N3O. The van der Waals surface area contributed by atoms with E-state index in [0.717, 1.165) is 48.0 Å². The summed E-state index contributed by atoms with van der Waals surface area (Å²) in [6.45, 7) is 4.26. The van der Waals surface area contributed by atoms with E-state index >= 15 is 0 Å². The second kappa shape index (κ2) is 6.22. The third kappa shape index (κ3) is 3.05. The summed E-state index contributed by atoms with van der Waals surface area (Å²) in [6.07, 6.45) is 3.33. The van der Waals surface area contributed by atoms with Gasteiger partial charge in [-0.05, 0) is 37.0 Å². The fourth-order valence-electron chi connectivity index (χ4n) is 2.70. The third-order valence-electron chi connectivity index (χ3n) is 3.92. The predicted octanol–water partition coefficient (Wildman–Crippen LogP) is 2.80. The molecule has 0 amide bonds. The van der Waals surface area contributed by atoms with Crippen LogP contribution in [0.25, 0.3) is 11.3 Å². The summed E-state index contributed by atoms with van der Waals surface area (Å²) >= 11 is 0. The lowest BCUT2D eigenvalue weighted by Gasteiger charge is -2.17. The van der Waals surface area contributed by atoms with Crippen molar-refractivity contribution < 1.29 is 5.11 Å². The van der Waals surface area contributed by atoms with E-state index in [4.69, 9.17) is 4.98 Å². The van der Waals surface area contributed by atoms with Gasteiger partial charge in [-0.25, -0.2) is 9.97 Å². The maximum atomic E-state index is 9.30. The van der Waals surface area contributed by atoms with Crippen LogP contribution in [0.3, 0.4) is 0 Å². The second-order valence-corrected chi connectivity index (χ2v) is 5.45. The highest BCUT2D eigenvalue weighted by molar-refractivity contribution is 5.62. The first-order valence-corrected chi connectivity index (χ1v) is 7.63. The number of hydrogen-bond donors (Lipinski definition) is 1. The Kier molecular flexibility index (Phi) is 4.15. The molecule has 1 saturated heterocycles. The number of rotatable bonds is 4. The second-order valence-electron chi connectivity index (χ2n) is 5.45. The van der Waals surface area contributed by atoms with Crippen LogP contribution in [0.2, 0.25) is 0 Å². The summed E-state index contributed by atoms with van der Waals surface area (Å²) in [5.74, 6) is 0.844. The van der Waals surface area contributed by atoms with E-state index in [-0.39, 0.29) is 6.61 Å². The van der Waals surface area contributed by atoms with Gasteiger partial charge in [-0.1, -0.05) is 25.1 Å². The van der Waals surface area contributed by atoms with Gasteiger partial charge in [-0.2, -0.15) is 0 Å². The number of anilines is 1. The zero-order chi connectivity index (χ0) is 14.7. The minimum atomic E-state index is 0.0541. The number of benzene rings is 1. The van der Waals surface area contributed by atoms with Gasteiger partial charge in [0, 0.05) is 24.3 Å². The largest absolute Gasteiger partial charge is 0.392 e. The van der Waals surface area contributed by atoms with E-state index in [1.54, 1.807) is 0 Å². The van der Waals surface area contributed by atoms with E-state index in [2.05, 4.69) is 22.9 Å². The van der Waals surface area contributed by atoms with Gasteiger partial charge in [0.15, 0.2) is 0 Å². The summed E-state index contributed by atoms with van der Waals surface area (Å²) < 4.78 is 0. The Labute approximate surface area is 125 Å². The summed E-state index contributed by atoms with van der Waals surface area (Å²) in [4.78, 5) is 11.7. The SMILES string of the molecule is CCc1cc(-c2cccc(CO)c2)nc(N2CCCC2)n1. The Hall–Kier alpha value is -1.94. The van der Waals surface area contributed by atoms with Crippen LogP contribution in [0.4, 0.5) is 5.95 Å². The van der Waals surface area contributed by atoms with Crippen molar-refractivity contribution in [2.24, 2.45) is 0 Å². The first-order chi connectivity index (χ1) is 10.3. The number of nitrogens with zero attached hydrogens (tertiary/aromatic N) is 3. The lowest BCUT2D eigenvalue weighted by molar-refractivity contribution is 0.282. The number of aromatic nitrogens is 2. The van der Waals surface area contributed by atoms with Crippen molar-refractivity contribution in [2.75, 3.05) is 18.0 Å². The van der Waals surface area contributed by atoms with Crippen molar-refractivity contribution in [3.8, 4) is 11.3 Å². The zero-order valence-corrected chi connectivity index (χ0v) is 12.4. The van der Waals surface area contributed by atoms with Crippen LogP contribution in [-0.2, 0) is 13.0 Å². The van der Waals surface area contributed by atoms with Gasteiger partial charge < -0.3 is 10.0 Å². The smallest absolute Gasteiger partial charge is 0.226 e. The van der Waals surface area contributed by atoms with Crippen molar-refractivity contribution in [3.05, 3.63) is 41.6 Å². The zero-order valence-electron chi connectivity index (χ0n) is 12.4. The van der Waals surface area contributed by atoms with Crippen LogP contribution in [-0.4, -0.2) is 28.2 Å². The summed E-state index contributed by atoms with van der Waals surface area (Å²) in [6, 6.07) is 9.97. The Morgan fingerprint density at radius 2 is 1.95 bits per heavy atom. The van der Waals surface area contributed by atoms with Crippen LogP contribution in [0.15, 0.2) is 30.3 Å². The molecule has 0 spiro atoms. The Bertz CT molecular complexity index is 621. The van der Waals surface area contributed by atoms with Gasteiger partial charge in [0.2, 0.25) is 5.95 Å². The van der Waals surface area contributed by atoms with Crippen LogP contribution in [0.5, 0.6) is 0 Å². The highest BCUT2D eigenvalue weighted by atomic mass is 16.3. The number of aryl methyl sites for hydroxylation is 1. The minimum Gasteiger partial charge on any atom is -0.392 e. The molecule has 1 aliphatic heterocycles. The van der Waals surface area contributed by atoms with Crippen molar-refractivity contribution in [3.63, 3.8) is 0 Å². The van der Waals surface area contributed by atoms with E-state index < -0.39 is 0 Å². The topological polar surface area (TPSA) is 49.3 Å². The van der Waals surface area contributed by atoms with Crippen LogP contribution in [0, 0.1) is 0 Å². The molecule has 110 valence electrons. The molecule has 0 atom stereocenters. The Morgan fingerprint density at radius 1 is 1.14 bits per heavy atom. The highest BCUT2D eigenvalue weighted by Crippen LogP contribution is 2.24. The molecule has 3 rings (SSSR count). The van der Waals surface area contributed by atoms with Crippen LogP contribution in [0.1, 0.15) is 31.0 Å². The lowest BCUT2D eigenvalue weighted by Crippen LogP contribution is -2.21. The van der Waals surface area contributed by atoms with Gasteiger partial charge in [0.05, 0.1) is 12.3 Å². The molecule has 0 unspecified atom stereocenters. The van der Waals surface area contributed by atoms with Crippen molar-refractivity contribution in [1.82, 2.24) is 9.97 Å². The molecule has 1 fully saturated rings. The summed E-state index contributed by atoms with van der Waals surface area (Å²) in [5, 5.41) is 9.30. The molecular weight excluding hydrogens is 262 g/mol.